The van der Waals surface area contributed by atoms with Gasteiger partial charge in [0, 0.05) is 18.0 Å². The summed E-state index contributed by atoms with van der Waals surface area (Å²) in [4.78, 5) is 4.62. The molecule has 0 atom stereocenters. The Balaban J connectivity index is 1.36. The molecule has 0 unspecified atom stereocenters. The molecule has 7 nitrogen and oxygen atoms in total. The molecule has 5 rings (SSSR count). The third kappa shape index (κ3) is 3.55. The van der Waals surface area contributed by atoms with E-state index in [-0.39, 0.29) is 0 Å². The Morgan fingerprint density at radius 1 is 1.13 bits per heavy atom. The lowest BCUT2D eigenvalue weighted by molar-refractivity contribution is 0.439. The number of hydrogen-bond acceptors (Lipinski definition) is 5. The van der Waals surface area contributed by atoms with Crippen molar-refractivity contribution in [1.82, 2.24) is 25.0 Å². The molecule has 0 amide bonds. The van der Waals surface area contributed by atoms with Crippen LogP contribution in [-0.4, -0.2) is 25.0 Å². The predicted molar refractivity (Wildman–Crippen MR) is 118 cm³/mol. The van der Waals surface area contributed by atoms with Crippen molar-refractivity contribution in [1.29, 1.82) is 0 Å². The first kappa shape index (κ1) is 18.4. The summed E-state index contributed by atoms with van der Waals surface area (Å²) >= 11 is 6.50. The second kappa shape index (κ2) is 7.68. The van der Waals surface area contributed by atoms with Gasteiger partial charge in [0.2, 0.25) is 5.95 Å². The van der Waals surface area contributed by atoms with Gasteiger partial charge in [0.1, 0.15) is 11.5 Å². The van der Waals surface area contributed by atoms with Gasteiger partial charge in [0.15, 0.2) is 5.82 Å². The largest absolute Gasteiger partial charge is 0.458 e. The molecule has 4 aromatic rings. The van der Waals surface area contributed by atoms with Crippen LogP contribution < -0.4 is 10.1 Å². The van der Waals surface area contributed by atoms with Gasteiger partial charge in [-0.2, -0.15) is 10.1 Å². The Morgan fingerprint density at radius 3 is 2.80 bits per heavy atom. The van der Waals surface area contributed by atoms with Crippen LogP contribution in [0.5, 0.6) is 5.75 Å². The maximum atomic E-state index is 6.50. The SMILES string of the molecule is Cn1nc(-c2ccc(OC3=CCCC=C3)cc2)nc1Nc1ccc2[nH]ncc2c1Cl. The van der Waals surface area contributed by atoms with E-state index in [1.165, 1.54) is 0 Å². The molecule has 2 N–H and O–H groups in total. The Hall–Kier alpha value is -3.58. The van der Waals surface area contributed by atoms with Crippen molar-refractivity contribution in [3.8, 4) is 17.1 Å². The van der Waals surface area contributed by atoms with Crippen LogP contribution in [0.1, 0.15) is 12.8 Å². The second-order valence-electron chi connectivity index (χ2n) is 6.98. The highest BCUT2D eigenvalue weighted by atomic mass is 35.5. The van der Waals surface area contributed by atoms with Crippen LogP contribution in [0.2, 0.25) is 5.02 Å². The third-order valence-corrected chi connectivity index (χ3v) is 5.28. The first-order valence-electron chi connectivity index (χ1n) is 9.62. The van der Waals surface area contributed by atoms with E-state index >= 15 is 0 Å². The van der Waals surface area contributed by atoms with Crippen LogP contribution in [0.3, 0.4) is 0 Å². The van der Waals surface area contributed by atoms with E-state index in [0.717, 1.165) is 46.5 Å². The van der Waals surface area contributed by atoms with Crippen molar-refractivity contribution in [2.45, 2.75) is 12.8 Å². The molecule has 150 valence electrons. The fourth-order valence-corrected chi connectivity index (χ4v) is 3.55. The maximum Gasteiger partial charge on any atom is 0.225 e. The summed E-state index contributed by atoms with van der Waals surface area (Å²) in [6.45, 7) is 0. The molecule has 1 aliphatic rings. The predicted octanol–water partition coefficient (Wildman–Crippen LogP) is 5.37. The van der Waals surface area contributed by atoms with Gasteiger partial charge in [0.05, 0.1) is 22.4 Å². The highest BCUT2D eigenvalue weighted by Crippen LogP contribution is 2.32. The number of H-pyrrole nitrogens is 1. The van der Waals surface area contributed by atoms with Gasteiger partial charge in [0.25, 0.3) is 0 Å². The zero-order valence-corrected chi connectivity index (χ0v) is 17.0. The first-order valence-corrected chi connectivity index (χ1v) is 10.00. The first-order chi connectivity index (χ1) is 14.7. The summed E-state index contributed by atoms with van der Waals surface area (Å²) in [5, 5.41) is 16.1. The molecule has 0 saturated heterocycles. The highest BCUT2D eigenvalue weighted by Gasteiger charge is 2.13. The number of allylic oxidation sites excluding steroid dienone is 3. The summed E-state index contributed by atoms with van der Waals surface area (Å²) in [5.41, 5.74) is 2.52. The number of hydrogen-bond donors (Lipinski definition) is 2. The molecule has 30 heavy (non-hydrogen) atoms. The molecule has 1 aliphatic carbocycles. The minimum atomic E-state index is 0.582. The summed E-state index contributed by atoms with van der Waals surface area (Å²) < 4.78 is 7.58. The Morgan fingerprint density at radius 2 is 2.00 bits per heavy atom. The van der Waals surface area contributed by atoms with Crippen molar-refractivity contribution in [3.63, 3.8) is 0 Å². The molecule has 0 fully saturated rings. The Bertz CT molecular complexity index is 1270. The normalized spacial score (nSPS) is 13.5. The van der Waals surface area contributed by atoms with E-state index in [1.54, 1.807) is 10.9 Å². The number of aromatic amines is 1. The molecule has 2 aromatic heterocycles. The van der Waals surface area contributed by atoms with E-state index < -0.39 is 0 Å². The lowest BCUT2D eigenvalue weighted by atomic mass is 10.2. The van der Waals surface area contributed by atoms with Gasteiger partial charge < -0.3 is 10.1 Å². The zero-order chi connectivity index (χ0) is 20.5. The molecule has 0 aliphatic heterocycles. The number of nitrogens with zero attached hydrogens (tertiary/aromatic N) is 4. The number of halogens is 1. The smallest absolute Gasteiger partial charge is 0.225 e. The summed E-state index contributed by atoms with van der Waals surface area (Å²) in [5.74, 6) is 2.87. The summed E-state index contributed by atoms with van der Waals surface area (Å²) in [6.07, 6.45) is 9.99. The maximum absolute atomic E-state index is 6.50. The monoisotopic (exact) mass is 418 g/mol. The van der Waals surface area contributed by atoms with E-state index in [1.807, 2.05) is 49.5 Å². The number of rotatable bonds is 5. The van der Waals surface area contributed by atoms with Crippen LogP contribution in [0.25, 0.3) is 22.3 Å². The number of fused-ring (bicyclic) bond motifs is 1. The number of benzene rings is 2. The second-order valence-corrected chi connectivity index (χ2v) is 7.36. The molecule has 8 heteroatoms. The molecule has 0 radical (unpaired) electrons. The van der Waals surface area contributed by atoms with Crippen molar-refractivity contribution in [2.75, 3.05) is 5.32 Å². The van der Waals surface area contributed by atoms with Gasteiger partial charge in [-0.15, -0.1) is 5.10 Å². The van der Waals surface area contributed by atoms with E-state index in [2.05, 4.69) is 37.7 Å². The number of aromatic nitrogens is 5. The van der Waals surface area contributed by atoms with Gasteiger partial charge in [-0.1, -0.05) is 17.7 Å². The Kier molecular flexibility index (Phi) is 4.72. The van der Waals surface area contributed by atoms with Crippen LogP contribution in [0.4, 0.5) is 11.6 Å². The summed E-state index contributed by atoms with van der Waals surface area (Å²) in [7, 11) is 1.84. The van der Waals surface area contributed by atoms with Crippen molar-refractivity contribution in [3.05, 3.63) is 71.6 Å². The lowest BCUT2D eigenvalue weighted by Crippen LogP contribution is -2.00. The van der Waals surface area contributed by atoms with E-state index in [0.29, 0.717) is 16.8 Å². The minimum Gasteiger partial charge on any atom is -0.458 e. The van der Waals surface area contributed by atoms with Crippen LogP contribution >= 0.6 is 11.6 Å². The molecular weight excluding hydrogens is 400 g/mol. The third-order valence-electron chi connectivity index (χ3n) is 4.88. The molecular formula is C22H19ClN6O. The standard InChI is InChI=1S/C22H19ClN6O/c1-29-22(25-19-12-11-18-17(20(19)23)13-24-27-18)26-21(28-29)14-7-9-16(10-8-14)30-15-5-3-2-4-6-15/h3,5-13H,2,4H2,1H3,(H,24,27)(H,25,26,28). The molecule has 0 spiro atoms. The molecule has 2 aromatic carbocycles. The van der Waals surface area contributed by atoms with Gasteiger partial charge in [-0.05, 0) is 61.4 Å². The fourth-order valence-electron chi connectivity index (χ4n) is 3.29. The topological polar surface area (TPSA) is 80.6 Å². The van der Waals surface area contributed by atoms with Crippen LogP contribution in [0, 0.1) is 0 Å². The highest BCUT2D eigenvalue weighted by molar-refractivity contribution is 6.38. The van der Waals surface area contributed by atoms with Crippen LogP contribution in [-0.2, 0) is 7.05 Å². The van der Waals surface area contributed by atoms with Crippen molar-refractivity contribution < 1.29 is 4.74 Å². The van der Waals surface area contributed by atoms with Gasteiger partial charge >= 0.3 is 0 Å². The van der Waals surface area contributed by atoms with Crippen molar-refractivity contribution >= 4 is 34.1 Å². The van der Waals surface area contributed by atoms with E-state index in [9.17, 15) is 0 Å². The lowest BCUT2D eigenvalue weighted by Gasteiger charge is -2.09. The fraction of sp³-hybridized carbons (Fsp3) is 0.136. The number of aryl methyl sites for hydroxylation is 1. The van der Waals surface area contributed by atoms with Crippen molar-refractivity contribution in [2.24, 2.45) is 7.05 Å². The zero-order valence-electron chi connectivity index (χ0n) is 16.3. The average Bonchev–Trinajstić information content (AvgIpc) is 3.39. The average molecular weight is 419 g/mol. The molecule has 0 saturated carbocycles. The minimum absolute atomic E-state index is 0.582. The van der Waals surface area contributed by atoms with Gasteiger partial charge in [-0.25, -0.2) is 4.68 Å². The number of ether oxygens (including phenoxy) is 1. The molecule has 0 bridgehead atoms. The Labute approximate surface area is 178 Å². The number of nitrogens with one attached hydrogen (secondary N) is 2. The number of anilines is 2. The summed E-state index contributed by atoms with van der Waals surface area (Å²) in [6, 6.07) is 11.6. The van der Waals surface area contributed by atoms with E-state index in [4.69, 9.17) is 16.3 Å². The van der Waals surface area contributed by atoms with Gasteiger partial charge in [-0.3, -0.25) is 5.10 Å². The van der Waals surface area contributed by atoms with Crippen LogP contribution in [0.15, 0.2) is 66.6 Å². The molecule has 2 heterocycles. The quantitative estimate of drug-likeness (QED) is 0.455.